The number of halogens is 2. The van der Waals surface area contributed by atoms with Gasteiger partial charge in [-0.1, -0.05) is 11.8 Å². The van der Waals surface area contributed by atoms with Gasteiger partial charge in [-0.3, -0.25) is 0 Å². The molecule has 0 aliphatic carbocycles. The summed E-state index contributed by atoms with van der Waals surface area (Å²) in [7, 11) is 0. The maximum Gasteiger partial charge on any atom is 0.173 e. The van der Waals surface area contributed by atoms with Crippen LogP contribution >= 0.6 is 11.8 Å². The molecule has 90 valence electrons. The number of anilines is 1. The number of nitriles is 1. The van der Waals surface area contributed by atoms with E-state index in [4.69, 9.17) is 11.0 Å². The van der Waals surface area contributed by atoms with Crippen LogP contribution in [0.4, 0.5) is 14.5 Å². The number of hydrogen-bond donors (Lipinski definition) is 1. The van der Waals surface area contributed by atoms with E-state index in [-0.39, 0.29) is 21.3 Å². The normalized spacial score (nSPS) is 10.1. The molecule has 0 saturated carbocycles. The lowest BCUT2D eigenvalue weighted by Crippen LogP contribution is -1.95. The first kappa shape index (κ1) is 12.3. The van der Waals surface area contributed by atoms with Gasteiger partial charge in [0.25, 0.3) is 0 Å². The second-order valence-electron chi connectivity index (χ2n) is 3.24. The Kier molecular flexibility index (Phi) is 3.39. The van der Waals surface area contributed by atoms with E-state index in [0.29, 0.717) is 11.8 Å². The summed E-state index contributed by atoms with van der Waals surface area (Å²) in [5.74, 6) is -1.60. The standard InChI is InChI=1S/C11H6F2N4S/c12-7-3-6(15)4-8(13)10(7)18-11-9(5-14)16-1-2-17-11/h1-4H,15H2. The van der Waals surface area contributed by atoms with Crippen LogP contribution in [0.25, 0.3) is 0 Å². The molecule has 1 aromatic heterocycles. The van der Waals surface area contributed by atoms with E-state index >= 15 is 0 Å². The number of hydrogen-bond acceptors (Lipinski definition) is 5. The van der Waals surface area contributed by atoms with Crippen LogP contribution in [0.15, 0.2) is 34.4 Å². The first-order valence-corrected chi connectivity index (χ1v) is 5.57. The fourth-order valence-electron chi connectivity index (χ4n) is 1.25. The largest absolute Gasteiger partial charge is 0.399 e. The smallest absolute Gasteiger partial charge is 0.173 e. The maximum atomic E-state index is 13.6. The predicted octanol–water partition coefficient (Wildman–Crippen LogP) is 2.36. The Morgan fingerprint density at radius 3 is 2.39 bits per heavy atom. The van der Waals surface area contributed by atoms with Crippen molar-refractivity contribution in [1.82, 2.24) is 9.97 Å². The summed E-state index contributed by atoms with van der Waals surface area (Å²) in [6.07, 6.45) is 2.68. The highest BCUT2D eigenvalue weighted by Crippen LogP contribution is 2.33. The van der Waals surface area contributed by atoms with Gasteiger partial charge in [0.2, 0.25) is 0 Å². The SMILES string of the molecule is N#Cc1nccnc1Sc1c(F)cc(N)cc1F. The lowest BCUT2D eigenvalue weighted by Gasteiger charge is -2.05. The number of nitrogens with zero attached hydrogens (tertiary/aromatic N) is 3. The molecule has 0 spiro atoms. The van der Waals surface area contributed by atoms with Crippen molar-refractivity contribution in [3.63, 3.8) is 0 Å². The molecule has 0 radical (unpaired) electrons. The monoisotopic (exact) mass is 264 g/mol. The molecule has 0 unspecified atom stereocenters. The fraction of sp³-hybridized carbons (Fsp3) is 0. The molecule has 0 amide bonds. The Morgan fingerprint density at radius 1 is 1.17 bits per heavy atom. The predicted molar refractivity (Wildman–Crippen MR) is 61.6 cm³/mol. The Morgan fingerprint density at radius 2 is 1.78 bits per heavy atom. The maximum absolute atomic E-state index is 13.6. The van der Waals surface area contributed by atoms with Gasteiger partial charge in [-0.2, -0.15) is 5.26 Å². The summed E-state index contributed by atoms with van der Waals surface area (Å²) >= 11 is 0.699. The van der Waals surface area contributed by atoms with Crippen LogP contribution in [0, 0.1) is 23.0 Å². The van der Waals surface area contributed by atoms with Gasteiger partial charge in [0.15, 0.2) is 5.69 Å². The van der Waals surface area contributed by atoms with Crippen molar-refractivity contribution >= 4 is 17.4 Å². The highest BCUT2D eigenvalue weighted by molar-refractivity contribution is 7.99. The minimum Gasteiger partial charge on any atom is -0.399 e. The molecule has 7 heteroatoms. The molecule has 2 rings (SSSR count). The van der Waals surface area contributed by atoms with E-state index in [1.165, 1.54) is 12.4 Å². The van der Waals surface area contributed by atoms with Gasteiger partial charge in [0.1, 0.15) is 22.7 Å². The van der Waals surface area contributed by atoms with E-state index in [9.17, 15) is 8.78 Å². The van der Waals surface area contributed by atoms with Crippen LogP contribution in [0.2, 0.25) is 0 Å². The van der Waals surface area contributed by atoms with Crippen molar-refractivity contribution in [1.29, 1.82) is 5.26 Å². The summed E-state index contributed by atoms with van der Waals surface area (Å²) in [4.78, 5) is 7.36. The molecule has 2 N–H and O–H groups in total. The third kappa shape index (κ3) is 2.38. The topological polar surface area (TPSA) is 75.6 Å². The van der Waals surface area contributed by atoms with E-state index in [0.717, 1.165) is 12.1 Å². The molecule has 0 bridgehead atoms. The van der Waals surface area contributed by atoms with Gasteiger partial charge in [0.05, 0.1) is 4.90 Å². The van der Waals surface area contributed by atoms with Crippen molar-refractivity contribution in [3.05, 3.63) is 41.9 Å². The van der Waals surface area contributed by atoms with Crippen molar-refractivity contribution in [2.45, 2.75) is 9.92 Å². The van der Waals surface area contributed by atoms with Crippen molar-refractivity contribution < 1.29 is 8.78 Å². The third-order valence-electron chi connectivity index (χ3n) is 1.99. The quantitative estimate of drug-likeness (QED) is 0.843. The van der Waals surface area contributed by atoms with E-state index < -0.39 is 11.6 Å². The lowest BCUT2D eigenvalue weighted by molar-refractivity contribution is 0.541. The van der Waals surface area contributed by atoms with E-state index in [2.05, 4.69) is 9.97 Å². The Labute approximate surface area is 105 Å². The second kappa shape index (κ2) is 4.98. The first-order chi connectivity index (χ1) is 8.61. The molecule has 1 aromatic carbocycles. The Balaban J connectivity index is 2.44. The van der Waals surface area contributed by atoms with Gasteiger partial charge in [0, 0.05) is 18.1 Å². The average Bonchev–Trinajstić information content (AvgIpc) is 2.34. The summed E-state index contributed by atoms with van der Waals surface area (Å²) in [5, 5.41) is 8.95. The lowest BCUT2D eigenvalue weighted by atomic mass is 10.3. The number of nitrogen functional groups attached to an aromatic ring is 1. The molecule has 0 fully saturated rings. The highest BCUT2D eigenvalue weighted by Gasteiger charge is 2.15. The molecule has 0 atom stereocenters. The average molecular weight is 264 g/mol. The van der Waals surface area contributed by atoms with E-state index in [1.807, 2.05) is 0 Å². The van der Waals surface area contributed by atoms with Crippen LogP contribution in [-0.4, -0.2) is 9.97 Å². The second-order valence-corrected chi connectivity index (χ2v) is 4.24. The van der Waals surface area contributed by atoms with Gasteiger partial charge in [-0.05, 0) is 12.1 Å². The van der Waals surface area contributed by atoms with Crippen LogP contribution in [0.3, 0.4) is 0 Å². The first-order valence-electron chi connectivity index (χ1n) is 4.75. The molecule has 1 heterocycles. The summed E-state index contributed by atoms with van der Waals surface area (Å²) < 4.78 is 27.1. The molecule has 2 aromatic rings. The van der Waals surface area contributed by atoms with Crippen molar-refractivity contribution in [3.8, 4) is 6.07 Å². The summed E-state index contributed by atoms with van der Waals surface area (Å²) in [6.45, 7) is 0. The molecule has 18 heavy (non-hydrogen) atoms. The molecular formula is C11H6F2N4S. The zero-order chi connectivity index (χ0) is 13.1. The third-order valence-corrected chi connectivity index (χ3v) is 3.08. The van der Waals surface area contributed by atoms with Gasteiger partial charge in [-0.15, -0.1) is 0 Å². The molecule has 0 saturated heterocycles. The minimum atomic E-state index is -0.799. The number of nitrogens with two attached hydrogens (primary N) is 1. The minimum absolute atomic E-state index is 0.00555. The zero-order valence-electron chi connectivity index (χ0n) is 8.89. The molecule has 4 nitrogen and oxygen atoms in total. The molecular weight excluding hydrogens is 258 g/mol. The Hall–Kier alpha value is -2.20. The highest BCUT2D eigenvalue weighted by atomic mass is 32.2. The van der Waals surface area contributed by atoms with Crippen LogP contribution in [0.1, 0.15) is 5.69 Å². The van der Waals surface area contributed by atoms with Gasteiger partial charge in [-0.25, -0.2) is 18.7 Å². The number of aromatic nitrogens is 2. The van der Waals surface area contributed by atoms with Gasteiger partial charge >= 0.3 is 0 Å². The van der Waals surface area contributed by atoms with E-state index in [1.54, 1.807) is 6.07 Å². The van der Waals surface area contributed by atoms with Crippen molar-refractivity contribution in [2.75, 3.05) is 5.73 Å². The Bertz CT molecular complexity index is 616. The number of rotatable bonds is 2. The molecule has 0 aliphatic rings. The summed E-state index contributed by atoms with van der Waals surface area (Å²) in [5.41, 5.74) is 5.31. The van der Waals surface area contributed by atoms with Crippen molar-refractivity contribution in [2.24, 2.45) is 0 Å². The van der Waals surface area contributed by atoms with Gasteiger partial charge < -0.3 is 5.73 Å². The van der Waals surface area contributed by atoms with Crippen LogP contribution in [-0.2, 0) is 0 Å². The fourth-order valence-corrected chi connectivity index (χ4v) is 2.07. The zero-order valence-corrected chi connectivity index (χ0v) is 9.71. The van der Waals surface area contributed by atoms with Crippen LogP contribution < -0.4 is 5.73 Å². The molecule has 0 aliphatic heterocycles. The number of benzene rings is 1. The van der Waals surface area contributed by atoms with Crippen LogP contribution in [0.5, 0.6) is 0 Å². The summed E-state index contributed by atoms with van der Waals surface area (Å²) in [6, 6.07) is 3.82.